The molecule has 0 aromatic heterocycles. The number of carbonyl (C=O) groups is 1. The topological polar surface area (TPSA) is 59.6 Å². The summed E-state index contributed by atoms with van der Waals surface area (Å²) < 4.78 is 11.3. The van der Waals surface area contributed by atoms with Crippen molar-refractivity contribution in [2.45, 2.75) is 66.1 Å². The van der Waals surface area contributed by atoms with Gasteiger partial charge < -0.3 is 20.1 Å². The van der Waals surface area contributed by atoms with Crippen LogP contribution in [0.25, 0.3) is 0 Å². The normalized spacial score (nSPS) is 12.6. The summed E-state index contributed by atoms with van der Waals surface area (Å²) in [4.78, 5) is 11.9. The lowest BCUT2D eigenvalue weighted by atomic mass is 10.1. The molecule has 0 aliphatic carbocycles. The van der Waals surface area contributed by atoms with Crippen LogP contribution in [-0.4, -0.2) is 30.7 Å². The lowest BCUT2D eigenvalue weighted by molar-refractivity contribution is -0.124. The van der Waals surface area contributed by atoms with Gasteiger partial charge in [0.05, 0.1) is 6.61 Å². The third kappa shape index (κ3) is 7.68. The lowest BCUT2D eigenvalue weighted by Gasteiger charge is -2.21. The lowest BCUT2D eigenvalue weighted by Crippen LogP contribution is -2.43. The molecule has 0 heterocycles. The van der Waals surface area contributed by atoms with Crippen LogP contribution < -0.4 is 20.1 Å². The zero-order valence-electron chi connectivity index (χ0n) is 15.9. The first-order valence-corrected chi connectivity index (χ1v) is 8.68. The van der Waals surface area contributed by atoms with Gasteiger partial charge >= 0.3 is 0 Å². The van der Waals surface area contributed by atoms with Crippen molar-refractivity contribution in [1.29, 1.82) is 0 Å². The summed E-state index contributed by atoms with van der Waals surface area (Å²) in [5.41, 5.74) is 0.861. The van der Waals surface area contributed by atoms with Crippen LogP contribution in [0.3, 0.4) is 0 Å². The minimum Gasteiger partial charge on any atom is -0.490 e. The molecule has 0 saturated carbocycles. The second-order valence-corrected chi connectivity index (χ2v) is 6.99. The molecule has 5 nitrogen and oxygen atoms in total. The summed E-state index contributed by atoms with van der Waals surface area (Å²) in [5.74, 6) is 1.12. The molecule has 0 saturated heterocycles. The van der Waals surface area contributed by atoms with Crippen molar-refractivity contribution in [2.75, 3.05) is 13.2 Å². The summed E-state index contributed by atoms with van der Waals surface area (Å²) in [6.07, 6.45) is 1.09. The van der Waals surface area contributed by atoms with Gasteiger partial charge in [0.1, 0.15) is 0 Å². The molecule has 1 aromatic carbocycles. The molecule has 0 fully saturated rings. The Hall–Kier alpha value is -1.75. The summed E-state index contributed by atoms with van der Waals surface area (Å²) >= 11 is 0. The van der Waals surface area contributed by atoms with Crippen LogP contribution in [0.2, 0.25) is 0 Å². The van der Waals surface area contributed by atoms with Crippen LogP contribution in [0, 0.1) is 0 Å². The maximum atomic E-state index is 11.9. The molecular formula is C19H32N2O3. The number of hydrogen-bond acceptors (Lipinski definition) is 4. The van der Waals surface area contributed by atoms with Gasteiger partial charge in [0.15, 0.2) is 18.1 Å². The fourth-order valence-corrected chi connectivity index (χ4v) is 2.08. The molecule has 0 bridgehead atoms. The molecule has 0 radical (unpaired) electrons. The maximum absolute atomic E-state index is 11.9. The fourth-order valence-electron chi connectivity index (χ4n) is 2.08. The predicted molar refractivity (Wildman–Crippen MR) is 97.6 cm³/mol. The molecule has 136 valence electrons. The second kappa shape index (κ2) is 9.52. The van der Waals surface area contributed by atoms with E-state index >= 15 is 0 Å². The Kier molecular flexibility index (Phi) is 8.05. The minimum absolute atomic E-state index is 0.0260. The van der Waals surface area contributed by atoms with Gasteiger partial charge in [0, 0.05) is 18.1 Å². The molecule has 0 spiro atoms. The third-order valence-corrected chi connectivity index (χ3v) is 3.45. The number of rotatable bonds is 9. The second-order valence-electron chi connectivity index (χ2n) is 6.99. The average Bonchev–Trinajstić information content (AvgIpc) is 2.50. The van der Waals surface area contributed by atoms with Crippen LogP contribution in [-0.2, 0) is 11.3 Å². The van der Waals surface area contributed by atoms with Crippen LogP contribution in [0.1, 0.15) is 53.5 Å². The molecular weight excluding hydrogens is 304 g/mol. The minimum atomic E-state index is -0.269. The highest BCUT2D eigenvalue weighted by atomic mass is 16.5. The maximum Gasteiger partial charge on any atom is 0.258 e. The van der Waals surface area contributed by atoms with E-state index in [1.807, 2.05) is 45.9 Å². The quantitative estimate of drug-likeness (QED) is 0.727. The Bertz CT molecular complexity index is 524. The van der Waals surface area contributed by atoms with Gasteiger partial charge in [-0.3, -0.25) is 4.79 Å². The zero-order valence-corrected chi connectivity index (χ0v) is 15.9. The number of benzene rings is 1. The summed E-state index contributed by atoms with van der Waals surface area (Å²) in [6, 6.07) is 6.30. The largest absolute Gasteiger partial charge is 0.490 e. The van der Waals surface area contributed by atoms with Crippen molar-refractivity contribution in [3.8, 4) is 11.5 Å². The Morgan fingerprint density at radius 3 is 2.46 bits per heavy atom. The fraction of sp³-hybridized carbons (Fsp3) is 0.632. The molecule has 1 amide bonds. The van der Waals surface area contributed by atoms with Gasteiger partial charge in [-0.05, 0) is 58.7 Å². The van der Waals surface area contributed by atoms with Crippen molar-refractivity contribution in [3.63, 3.8) is 0 Å². The Morgan fingerprint density at radius 1 is 1.17 bits per heavy atom. The van der Waals surface area contributed by atoms with Crippen LogP contribution in [0.4, 0.5) is 0 Å². The van der Waals surface area contributed by atoms with Crippen LogP contribution in [0.15, 0.2) is 18.2 Å². The standard InChI is InChI=1S/C19H32N2O3/c1-7-14(3)20-12-15-9-10-16(17(11-15)23-8-2)24-13-18(22)21-19(4,5)6/h9-11,14,20H,7-8,12-13H2,1-6H3,(H,21,22). The van der Waals surface area contributed by atoms with Gasteiger partial charge in [-0.15, -0.1) is 0 Å². The van der Waals surface area contributed by atoms with Gasteiger partial charge in [0.2, 0.25) is 0 Å². The van der Waals surface area contributed by atoms with E-state index in [1.54, 1.807) is 0 Å². The summed E-state index contributed by atoms with van der Waals surface area (Å²) in [7, 11) is 0. The first-order chi connectivity index (χ1) is 11.2. The van der Waals surface area contributed by atoms with Crippen LogP contribution >= 0.6 is 0 Å². The first-order valence-electron chi connectivity index (χ1n) is 8.68. The average molecular weight is 336 g/mol. The van der Waals surface area contributed by atoms with Gasteiger partial charge in [-0.1, -0.05) is 13.0 Å². The number of amides is 1. The highest BCUT2D eigenvalue weighted by Gasteiger charge is 2.15. The van der Waals surface area contributed by atoms with E-state index in [4.69, 9.17) is 9.47 Å². The van der Waals surface area contributed by atoms with Crippen molar-refractivity contribution < 1.29 is 14.3 Å². The van der Waals surface area contributed by atoms with Crippen LogP contribution in [0.5, 0.6) is 11.5 Å². The molecule has 24 heavy (non-hydrogen) atoms. The van der Waals surface area contributed by atoms with Crippen molar-refractivity contribution in [3.05, 3.63) is 23.8 Å². The molecule has 1 unspecified atom stereocenters. The summed E-state index contributed by atoms with van der Waals surface area (Å²) in [5, 5.41) is 6.33. The predicted octanol–water partition coefficient (Wildman–Crippen LogP) is 3.27. The van der Waals surface area contributed by atoms with Gasteiger partial charge in [-0.2, -0.15) is 0 Å². The molecule has 1 rings (SSSR count). The Morgan fingerprint density at radius 2 is 1.88 bits per heavy atom. The van der Waals surface area contributed by atoms with E-state index in [9.17, 15) is 4.79 Å². The molecule has 1 atom stereocenters. The van der Waals surface area contributed by atoms with Crippen molar-refractivity contribution in [2.24, 2.45) is 0 Å². The molecule has 2 N–H and O–H groups in total. The Labute approximate surface area is 146 Å². The van der Waals surface area contributed by atoms with E-state index in [0.29, 0.717) is 24.1 Å². The third-order valence-electron chi connectivity index (χ3n) is 3.45. The SMILES string of the molecule is CCOc1cc(CNC(C)CC)ccc1OCC(=O)NC(C)(C)C. The zero-order chi connectivity index (χ0) is 18.2. The van der Waals surface area contributed by atoms with E-state index in [0.717, 1.165) is 18.5 Å². The number of hydrogen-bond donors (Lipinski definition) is 2. The van der Waals surface area contributed by atoms with Gasteiger partial charge in [0.25, 0.3) is 5.91 Å². The number of ether oxygens (including phenoxy) is 2. The summed E-state index contributed by atoms with van der Waals surface area (Å²) in [6.45, 7) is 13.4. The highest BCUT2D eigenvalue weighted by molar-refractivity contribution is 5.78. The first kappa shape index (κ1) is 20.3. The molecule has 1 aromatic rings. The smallest absolute Gasteiger partial charge is 0.258 e. The number of nitrogens with one attached hydrogen (secondary N) is 2. The highest BCUT2D eigenvalue weighted by Crippen LogP contribution is 2.28. The molecule has 0 aliphatic rings. The van der Waals surface area contributed by atoms with Crippen molar-refractivity contribution in [1.82, 2.24) is 10.6 Å². The Balaban J connectivity index is 2.71. The molecule has 0 aliphatic heterocycles. The van der Waals surface area contributed by atoms with Crippen molar-refractivity contribution >= 4 is 5.91 Å². The van der Waals surface area contributed by atoms with E-state index < -0.39 is 0 Å². The van der Waals surface area contributed by atoms with E-state index in [-0.39, 0.29) is 18.1 Å². The van der Waals surface area contributed by atoms with Gasteiger partial charge in [-0.25, -0.2) is 0 Å². The monoisotopic (exact) mass is 336 g/mol. The van der Waals surface area contributed by atoms with E-state index in [1.165, 1.54) is 0 Å². The molecule has 5 heteroatoms. The number of carbonyl (C=O) groups excluding carboxylic acids is 1. The van der Waals surface area contributed by atoms with E-state index in [2.05, 4.69) is 24.5 Å².